The van der Waals surface area contributed by atoms with E-state index < -0.39 is 0 Å². The zero-order chi connectivity index (χ0) is 11.8. The van der Waals surface area contributed by atoms with E-state index in [0.717, 1.165) is 34.5 Å². The predicted octanol–water partition coefficient (Wildman–Crippen LogP) is 3.53. The van der Waals surface area contributed by atoms with E-state index >= 15 is 0 Å². The van der Waals surface area contributed by atoms with E-state index in [9.17, 15) is 0 Å². The molecule has 0 N–H and O–H groups in total. The Bertz CT molecular complexity index is 376. The highest BCUT2D eigenvalue weighted by Crippen LogP contribution is 2.43. The Labute approximate surface area is 112 Å². The maximum Gasteiger partial charge on any atom is 0.128 e. The van der Waals surface area contributed by atoms with Crippen LogP contribution in [-0.2, 0) is 0 Å². The smallest absolute Gasteiger partial charge is 0.128 e. The molecule has 1 radical (unpaired) electrons. The van der Waals surface area contributed by atoms with Gasteiger partial charge in [-0.05, 0) is 58.7 Å². The van der Waals surface area contributed by atoms with Crippen LogP contribution in [0.5, 0.6) is 0 Å². The zero-order valence-electron chi connectivity index (χ0n) is 9.98. The molecule has 2 fully saturated rings. The van der Waals surface area contributed by atoms with Gasteiger partial charge in [-0.1, -0.05) is 13.3 Å². The molecule has 1 saturated carbocycles. The van der Waals surface area contributed by atoms with Crippen molar-refractivity contribution in [3.8, 4) is 0 Å². The highest BCUT2D eigenvalue weighted by atomic mass is 79.9. The Morgan fingerprint density at radius 3 is 2.53 bits per heavy atom. The second kappa shape index (κ2) is 4.60. The lowest BCUT2D eigenvalue weighted by Gasteiger charge is -2.19. The fraction of sp³-hybridized carbons (Fsp3) is 0.571. The molecule has 3 atom stereocenters. The van der Waals surface area contributed by atoms with Gasteiger partial charge in [0, 0.05) is 23.8 Å². The van der Waals surface area contributed by atoms with Crippen molar-refractivity contribution in [2.45, 2.75) is 19.3 Å². The molecule has 1 aliphatic heterocycles. The fourth-order valence-corrected chi connectivity index (χ4v) is 3.64. The van der Waals surface area contributed by atoms with Gasteiger partial charge in [0.1, 0.15) is 5.82 Å². The summed E-state index contributed by atoms with van der Waals surface area (Å²) in [5.41, 5.74) is 0. The lowest BCUT2D eigenvalue weighted by molar-refractivity contribution is 0.494. The summed E-state index contributed by atoms with van der Waals surface area (Å²) in [5, 5.41) is 0. The molecule has 1 aromatic heterocycles. The first kappa shape index (κ1) is 11.5. The van der Waals surface area contributed by atoms with E-state index in [-0.39, 0.29) is 0 Å². The number of anilines is 1. The summed E-state index contributed by atoms with van der Waals surface area (Å²) in [6, 6.07) is 4.19. The highest BCUT2D eigenvalue weighted by molar-refractivity contribution is 9.10. The SMILES string of the molecule is [CH2]C[C@H]1C[C@@H]2CN(c3ccc(Br)cn3)C[C@@H]2C1. The molecule has 1 aromatic rings. The van der Waals surface area contributed by atoms with Crippen molar-refractivity contribution < 1.29 is 0 Å². The van der Waals surface area contributed by atoms with E-state index in [1.165, 1.54) is 25.9 Å². The van der Waals surface area contributed by atoms with Crippen molar-refractivity contribution in [2.24, 2.45) is 17.8 Å². The van der Waals surface area contributed by atoms with Gasteiger partial charge in [0.2, 0.25) is 0 Å². The topological polar surface area (TPSA) is 16.1 Å². The van der Waals surface area contributed by atoms with Crippen molar-refractivity contribution in [1.29, 1.82) is 0 Å². The Morgan fingerprint density at radius 1 is 1.29 bits per heavy atom. The minimum absolute atomic E-state index is 0.880. The Hall–Kier alpha value is -0.570. The van der Waals surface area contributed by atoms with E-state index in [0.29, 0.717) is 0 Å². The normalized spacial score (nSPS) is 31.9. The van der Waals surface area contributed by atoms with Crippen LogP contribution in [0.3, 0.4) is 0 Å². The van der Waals surface area contributed by atoms with Crippen LogP contribution >= 0.6 is 15.9 Å². The molecule has 0 unspecified atom stereocenters. The number of halogens is 1. The average molecular weight is 294 g/mol. The Kier molecular flexibility index (Phi) is 3.12. The number of fused-ring (bicyclic) bond motifs is 1. The van der Waals surface area contributed by atoms with Gasteiger partial charge in [0.25, 0.3) is 0 Å². The van der Waals surface area contributed by atoms with Crippen LogP contribution in [-0.4, -0.2) is 18.1 Å². The number of aromatic nitrogens is 1. The van der Waals surface area contributed by atoms with Crippen LogP contribution in [0.15, 0.2) is 22.8 Å². The lowest BCUT2D eigenvalue weighted by Crippen LogP contribution is -2.22. The summed E-state index contributed by atoms with van der Waals surface area (Å²) in [5.74, 6) is 3.78. The van der Waals surface area contributed by atoms with Crippen molar-refractivity contribution >= 4 is 21.7 Å². The van der Waals surface area contributed by atoms with Crippen LogP contribution in [0.4, 0.5) is 5.82 Å². The quantitative estimate of drug-likeness (QED) is 0.829. The molecule has 2 nitrogen and oxygen atoms in total. The number of rotatable bonds is 2. The average Bonchev–Trinajstić information content (AvgIpc) is 2.87. The van der Waals surface area contributed by atoms with E-state index in [4.69, 9.17) is 0 Å². The lowest BCUT2D eigenvalue weighted by atomic mass is 10.0. The fourth-order valence-electron chi connectivity index (χ4n) is 3.40. The summed E-state index contributed by atoms with van der Waals surface area (Å²) in [6.45, 7) is 6.43. The number of pyridine rings is 1. The number of hydrogen-bond donors (Lipinski definition) is 0. The first-order valence-electron chi connectivity index (χ1n) is 6.42. The number of hydrogen-bond acceptors (Lipinski definition) is 2. The second-order valence-electron chi connectivity index (χ2n) is 5.39. The minimum atomic E-state index is 0.880. The van der Waals surface area contributed by atoms with Gasteiger partial charge >= 0.3 is 0 Å². The van der Waals surface area contributed by atoms with Crippen LogP contribution in [0, 0.1) is 24.7 Å². The van der Waals surface area contributed by atoms with Crippen LogP contribution < -0.4 is 4.90 Å². The summed E-state index contributed by atoms with van der Waals surface area (Å²) >= 11 is 3.43. The van der Waals surface area contributed by atoms with E-state index in [1.807, 2.05) is 6.20 Å². The van der Waals surface area contributed by atoms with Crippen molar-refractivity contribution in [1.82, 2.24) is 4.98 Å². The molecular weight excluding hydrogens is 276 g/mol. The van der Waals surface area contributed by atoms with Gasteiger partial charge < -0.3 is 4.90 Å². The molecular formula is C14H18BrN2. The molecule has 0 bridgehead atoms. The molecule has 2 aliphatic rings. The second-order valence-corrected chi connectivity index (χ2v) is 6.30. The van der Waals surface area contributed by atoms with Crippen LogP contribution in [0.25, 0.3) is 0 Å². The van der Waals surface area contributed by atoms with Gasteiger partial charge in [0.15, 0.2) is 0 Å². The first-order valence-corrected chi connectivity index (χ1v) is 7.21. The van der Waals surface area contributed by atoms with Crippen LogP contribution in [0.1, 0.15) is 19.3 Å². The minimum Gasteiger partial charge on any atom is -0.356 e. The summed E-state index contributed by atoms with van der Waals surface area (Å²) < 4.78 is 1.05. The molecule has 17 heavy (non-hydrogen) atoms. The van der Waals surface area contributed by atoms with Gasteiger partial charge in [-0.3, -0.25) is 0 Å². The molecule has 0 aromatic carbocycles. The maximum absolute atomic E-state index is 4.49. The maximum atomic E-state index is 4.49. The third-order valence-corrected chi connectivity index (χ3v) is 4.76. The van der Waals surface area contributed by atoms with Crippen LogP contribution in [0.2, 0.25) is 0 Å². The van der Waals surface area contributed by atoms with Gasteiger partial charge in [0.05, 0.1) is 0 Å². The van der Waals surface area contributed by atoms with Gasteiger partial charge in [-0.2, -0.15) is 0 Å². The third kappa shape index (κ3) is 2.22. The van der Waals surface area contributed by atoms with Crippen molar-refractivity contribution in [3.63, 3.8) is 0 Å². The van der Waals surface area contributed by atoms with Crippen molar-refractivity contribution in [3.05, 3.63) is 29.7 Å². The molecule has 3 rings (SSSR count). The van der Waals surface area contributed by atoms with Gasteiger partial charge in [-0.25, -0.2) is 4.98 Å². The standard InChI is InChI=1S/C14H18BrN2/c1-2-10-5-11-8-17(9-12(11)6-10)14-4-3-13(15)7-16-14/h3-4,7,10-12H,1-2,5-6,8-9H2/t10-,11+,12-. The number of nitrogens with zero attached hydrogens (tertiary/aromatic N) is 2. The monoisotopic (exact) mass is 293 g/mol. The molecule has 91 valence electrons. The third-order valence-electron chi connectivity index (χ3n) is 4.29. The molecule has 0 amide bonds. The first-order chi connectivity index (χ1) is 8.26. The zero-order valence-corrected chi connectivity index (χ0v) is 11.6. The van der Waals surface area contributed by atoms with E-state index in [2.05, 4.69) is 44.9 Å². The van der Waals surface area contributed by atoms with Gasteiger partial charge in [-0.15, -0.1) is 0 Å². The summed E-state index contributed by atoms with van der Waals surface area (Å²) in [7, 11) is 0. The molecule has 2 heterocycles. The molecule has 3 heteroatoms. The largest absolute Gasteiger partial charge is 0.356 e. The summed E-state index contributed by atoms with van der Waals surface area (Å²) in [6.07, 6.45) is 5.76. The summed E-state index contributed by atoms with van der Waals surface area (Å²) in [4.78, 5) is 6.94. The Morgan fingerprint density at radius 2 is 2.00 bits per heavy atom. The Balaban J connectivity index is 1.68. The molecule has 1 aliphatic carbocycles. The molecule has 1 saturated heterocycles. The van der Waals surface area contributed by atoms with Crippen molar-refractivity contribution in [2.75, 3.05) is 18.0 Å². The highest BCUT2D eigenvalue weighted by Gasteiger charge is 2.40. The molecule has 0 spiro atoms. The predicted molar refractivity (Wildman–Crippen MR) is 73.8 cm³/mol. The van der Waals surface area contributed by atoms with E-state index in [1.54, 1.807) is 0 Å².